The lowest BCUT2D eigenvalue weighted by Gasteiger charge is -2.31. The zero-order valence-corrected chi connectivity index (χ0v) is 13.4. The van der Waals surface area contributed by atoms with Crippen LogP contribution in [-0.4, -0.2) is 42.8 Å². The first-order chi connectivity index (χ1) is 11.7. The van der Waals surface area contributed by atoms with Gasteiger partial charge in [-0.2, -0.15) is 0 Å². The number of nitrogens with zero attached hydrogens (tertiary/aromatic N) is 3. The van der Waals surface area contributed by atoms with E-state index < -0.39 is 5.82 Å². The van der Waals surface area contributed by atoms with E-state index in [0.29, 0.717) is 36.8 Å². The predicted octanol–water partition coefficient (Wildman–Crippen LogP) is 1.35. The molecule has 2 aromatic rings. The Morgan fingerprint density at radius 2 is 2.04 bits per heavy atom. The number of morpholine rings is 1. The summed E-state index contributed by atoms with van der Waals surface area (Å²) in [4.78, 5) is 11.6. The third-order valence-corrected chi connectivity index (χ3v) is 4.46. The van der Waals surface area contributed by atoms with Crippen LogP contribution in [0.15, 0.2) is 18.2 Å². The number of hydrogen-bond donors (Lipinski definition) is 2. The number of nitrogens with two attached hydrogens (primary N) is 1. The topological polar surface area (TPSA) is 76.3 Å². The molecule has 2 aliphatic rings. The molecule has 1 saturated heterocycles. The fourth-order valence-electron chi connectivity index (χ4n) is 3.21. The minimum Gasteiger partial charge on any atom is -0.399 e. The van der Waals surface area contributed by atoms with Crippen molar-refractivity contribution in [3.05, 3.63) is 35.3 Å². The Morgan fingerprint density at radius 1 is 1.21 bits per heavy atom. The summed E-state index contributed by atoms with van der Waals surface area (Å²) in [5.74, 6) is 0.930. The second-order valence-electron chi connectivity index (χ2n) is 6.06. The summed E-state index contributed by atoms with van der Waals surface area (Å²) >= 11 is 0. The summed E-state index contributed by atoms with van der Waals surface area (Å²) in [5.41, 5.74) is 8.54. The van der Waals surface area contributed by atoms with Gasteiger partial charge in [-0.15, -0.1) is 0 Å². The standard InChI is InChI=1S/C17H20FN5O/c18-14-9-11(19)1-2-12(14)16-21-15-10-20-4-3-13(15)17(22-16)23-5-7-24-8-6-23/h1-2,9,20H,3-8,10,19H2. The number of anilines is 2. The average molecular weight is 329 g/mol. The van der Waals surface area contributed by atoms with Crippen molar-refractivity contribution in [3.8, 4) is 11.4 Å². The van der Waals surface area contributed by atoms with Gasteiger partial charge in [0.25, 0.3) is 0 Å². The van der Waals surface area contributed by atoms with E-state index in [9.17, 15) is 4.39 Å². The van der Waals surface area contributed by atoms with E-state index in [1.54, 1.807) is 12.1 Å². The highest BCUT2D eigenvalue weighted by Crippen LogP contribution is 2.29. The third-order valence-electron chi connectivity index (χ3n) is 4.46. The molecular weight excluding hydrogens is 309 g/mol. The van der Waals surface area contributed by atoms with E-state index >= 15 is 0 Å². The number of nitrogen functional groups attached to an aromatic ring is 1. The normalized spacial score (nSPS) is 17.6. The number of fused-ring (bicyclic) bond motifs is 1. The number of ether oxygens (including phenoxy) is 1. The Labute approximate surface area is 139 Å². The molecule has 4 rings (SSSR count). The Morgan fingerprint density at radius 3 is 2.83 bits per heavy atom. The van der Waals surface area contributed by atoms with Crippen LogP contribution in [0.4, 0.5) is 15.9 Å². The minimum atomic E-state index is -0.397. The Kier molecular flexibility index (Phi) is 4.03. The summed E-state index contributed by atoms with van der Waals surface area (Å²) in [7, 11) is 0. The van der Waals surface area contributed by atoms with Gasteiger partial charge in [-0.05, 0) is 31.2 Å². The summed E-state index contributed by atoms with van der Waals surface area (Å²) in [6, 6.07) is 4.63. The monoisotopic (exact) mass is 329 g/mol. The first-order valence-electron chi connectivity index (χ1n) is 8.21. The smallest absolute Gasteiger partial charge is 0.164 e. The number of hydrogen-bond acceptors (Lipinski definition) is 6. The predicted molar refractivity (Wildman–Crippen MR) is 90.3 cm³/mol. The third kappa shape index (κ3) is 2.81. The molecular formula is C17H20FN5O. The van der Waals surface area contributed by atoms with Gasteiger partial charge in [-0.1, -0.05) is 0 Å². The number of aromatic nitrogens is 2. The molecule has 3 N–H and O–H groups in total. The van der Waals surface area contributed by atoms with Gasteiger partial charge in [0, 0.05) is 30.9 Å². The van der Waals surface area contributed by atoms with Crippen molar-refractivity contribution in [2.24, 2.45) is 0 Å². The molecule has 0 atom stereocenters. The maximum absolute atomic E-state index is 14.3. The fourth-order valence-corrected chi connectivity index (χ4v) is 3.21. The number of halogens is 1. The highest BCUT2D eigenvalue weighted by Gasteiger charge is 2.24. The molecule has 0 unspecified atom stereocenters. The van der Waals surface area contributed by atoms with Crippen molar-refractivity contribution in [1.29, 1.82) is 0 Å². The molecule has 0 bridgehead atoms. The average Bonchev–Trinajstić information content (AvgIpc) is 2.61. The number of nitrogens with one attached hydrogen (secondary N) is 1. The van der Waals surface area contributed by atoms with E-state index in [1.807, 2.05) is 0 Å². The van der Waals surface area contributed by atoms with Crippen LogP contribution in [0.1, 0.15) is 11.3 Å². The molecule has 1 aromatic heterocycles. The van der Waals surface area contributed by atoms with Crippen molar-refractivity contribution in [1.82, 2.24) is 15.3 Å². The molecule has 0 amide bonds. The quantitative estimate of drug-likeness (QED) is 0.810. The van der Waals surface area contributed by atoms with Crippen LogP contribution in [0.2, 0.25) is 0 Å². The van der Waals surface area contributed by atoms with Crippen LogP contribution in [0.3, 0.4) is 0 Å². The SMILES string of the molecule is Nc1ccc(-c2nc3c(c(N4CCOCC4)n2)CCNC3)c(F)c1. The van der Waals surface area contributed by atoms with Gasteiger partial charge in [0.2, 0.25) is 0 Å². The summed E-state index contributed by atoms with van der Waals surface area (Å²) in [5, 5.41) is 3.33. The fraction of sp³-hybridized carbons (Fsp3) is 0.412. The molecule has 7 heteroatoms. The van der Waals surface area contributed by atoms with Gasteiger partial charge in [-0.25, -0.2) is 14.4 Å². The maximum Gasteiger partial charge on any atom is 0.164 e. The van der Waals surface area contributed by atoms with E-state index in [2.05, 4.69) is 15.2 Å². The second-order valence-corrected chi connectivity index (χ2v) is 6.06. The first kappa shape index (κ1) is 15.3. The molecule has 2 aliphatic heterocycles. The minimum absolute atomic E-state index is 0.382. The van der Waals surface area contributed by atoms with Gasteiger partial charge in [0.1, 0.15) is 11.6 Å². The second kappa shape index (κ2) is 6.33. The Balaban J connectivity index is 1.83. The first-order valence-corrected chi connectivity index (χ1v) is 8.21. The summed E-state index contributed by atoms with van der Waals surface area (Å²) < 4.78 is 19.8. The van der Waals surface area contributed by atoms with Crippen molar-refractivity contribution in [3.63, 3.8) is 0 Å². The number of rotatable bonds is 2. The van der Waals surface area contributed by atoms with Gasteiger partial charge in [0.05, 0.1) is 24.5 Å². The van der Waals surface area contributed by atoms with E-state index in [-0.39, 0.29) is 0 Å². The lowest BCUT2D eigenvalue weighted by molar-refractivity contribution is 0.122. The van der Waals surface area contributed by atoms with Crippen molar-refractivity contribution < 1.29 is 9.13 Å². The zero-order chi connectivity index (χ0) is 16.5. The molecule has 0 aliphatic carbocycles. The van der Waals surface area contributed by atoms with Crippen LogP contribution in [0.25, 0.3) is 11.4 Å². The van der Waals surface area contributed by atoms with Crippen LogP contribution in [0.5, 0.6) is 0 Å². The van der Waals surface area contributed by atoms with Crippen LogP contribution in [0, 0.1) is 5.82 Å². The van der Waals surface area contributed by atoms with Gasteiger partial charge in [0.15, 0.2) is 5.82 Å². The Hall–Kier alpha value is -2.25. The van der Waals surface area contributed by atoms with Crippen LogP contribution in [-0.2, 0) is 17.7 Å². The summed E-state index contributed by atoms with van der Waals surface area (Å²) in [6.07, 6.45) is 0.881. The highest BCUT2D eigenvalue weighted by atomic mass is 19.1. The van der Waals surface area contributed by atoms with Crippen molar-refractivity contribution >= 4 is 11.5 Å². The maximum atomic E-state index is 14.3. The largest absolute Gasteiger partial charge is 0.399 e. The molecule has 0 saturated carbocycles. The molecule has 3 heterocycles. The van der Waals surface area contributed by atoms with Gasteiger partial charge in [-0.3, -0.25) is 0 Å². The molecule has 0 spiro atoms. The van der Waals surface area contributed by atoms with Crippen molar-refractivity contribution in [2.45, 2.75) is 13.0 Å². The molecule has 126 valence electrons. The van der Waals surface area contributed by atoms with Gasteiger partial charge < -0.3 is 20.7 Å². The lowest BCUT2D eigenvalue weighted by atomic mass is 10.1. The summed E-state index contributed by atoms with van der Waals surface area (Å²) in [6.45, 7) is 4.54. The molecule has 6 nitrogen and oxygen atoms in total. The van der Waals surface area contributed by atoms with Gasteiger partial charge >= 0.3 is 0 Å². The Bertz CT molecular complexity index is 761. The zero-order valence-electron chi connectivity index (χ0n) is 13.4. The number of benzene rings is 1. The molecule has 1 fully saturated rings. The molecule has 1 aromatic carbocycles. The molecule has 0 radical (unpaired) electrons. The van der Waals surface area contributed by atoms with E-state index in [4.69, 9.17) is 15.5 Å². The highest BCUT2D eigenvalue weighted by molar-refractivity contribution is 5.64. The van der Waals surface area contributed by atoms with E-state index in [1.165, 1.54) is 6.07 Å². The lowest BCUT2D eigenvalue weighted by Crippen LogP contribution is -2.39. The molecule has 24 heavy (non-hydrogen) atoms. The van der Waals surface area contributed by atoms with E-state index in [0.717, 1.165) is 43.1 Å². The van der Waals surface area contributed by atoms with Crippen LogP contribution >= 0.6 is 0 Å². The van der Waals surface area contributed by atoms with Crippen LogP contribution < -0.4 is 16.0 Å². The van der Waals surface area contributed by atoms with Crippen molar-refractivity contribution in [2.75, 3.05) is 43.5 Å².